The van der Waals surface area contributed by atoms with Gasteiger partial charge in [0.2, 0.25) is 12.5 Å². The van der Waals surface area contributed by atoms with Crippen LogP contribution < -0.4 is 14.2 Å². The SMILES string of the molecule is COc1c(Br)c(CC2CC(CN3C(=O)c4ccccc4C3=O)=NO2)cc2c1OCO2. The molecule has 8 nitrogen and oxygen atoms in total. The molecule has 0 saturated heterocycles. The smallest absolute Gasteiger partial charge is 0.261 e. The van der Waals surface area contributed by atoms with Crippen molar-refractivity contribution < 1.29 is 28.6 Å². The number of hydrogen-bond donors (Lipinski definition) is 0. The number of halogens is 1. The number of amides is 2. The lowest BCUT2D eigenvalue weighted by Gasteiger charge is -2.15. The molecule has 154 valence electrons. The van der Waals surface area contributed by atoms with Crippen LogP contribution in [0.2, 0.25) is 0 Å². The third kappa shape index (κ3) is 3.00. The van der Waals surface area contributed by atoms with Gasteiger partial charge in [0, 0.05) is 12.8 Å². The van der Waals surface area contributed by atoms with Crippen LogP contribution in [0.3, 0.4) is 0 Å². The van der Waals surface area contributed by atoms with E-state index in [9.17, 15) is 9.59 Å². The zero-order valence-electron chi connectivity index (χ0n) is 16.0. The Labute approximate surface area is 180 Å². The lowest BCUT2D eigenvalue weighted by atomic mass is 10.0. The number of oxime groups is 1. The summed E-state index contributed by atoms with van der Waals surface area (Å²) in [6.45, 7) is 0.267. The van der Waals surface area contributed by atoms with Crippen LogP contribution in [0.1, 0.15) is 32.7 Å². The van der Waals surface area contributed by atoms with Crippen LogP contribution in [0.5, 0.6) is 17.2 Å². The van der Waals surface area contributed by atoms with Crippen molar-refractivity contribution in [1.82, 2.24) is 4.90 Å². The van der Waals surface area contributed by atoms with E-state index in [0.29, 0.717) is 46.9 Å². The number of carbonyl (C=O) groups excluding carboxylic acids is 2. The van der Waals surface area contributed by atoms with Gasteiger partial charge in [-0.05, 0) is 39.7 Å². The largest absolute Gasteiger partial charge is 0.492 e. The third-order valence-corrected chi connectivity index (χ3v) is 6.17. The highest BCUT2D eigenvalue weighted by Gasteiger charge is 2.37. The normalized spacial score (nSPS) is 19.1. The average Bonchev–Trinajstić information content (AvgIpc) is 3.45. The van der Waals surface area contributed by atoms with Crippen molar-refractivity contribution >= 4 is 33.5 Å². The van der Waals surface area contributed by atoms with Crippen molar-refractivity contribution in [3.05, 3.63) is 51.5 Å². The van der Waals surface area contributed by atoms with Gasteiger partial charge >= 0.3 is 0 Å². The number of ether oxygens (including phenoxy) is 3. The zero-order valence-corrected chi connectivity index (χ0v) is 17.6. The average molecular weight is 473 g/mol. The van der Waals surface area contributed by atoms with E-state index in [1.807, 2.05) is 6.07 Å². The van der Waals surface area contributed by atoms with E-state index in [4.69, 9.17) is 19.0 Å². The summed E-state index contributed by atoms with van der Waals surface area (Å²) >= 11 is 3.57. The van der Waals surface area contributed by atoms with Crippen LogP contribution in [0, 0.1) is 0 Å². The quantitative estimate of drug-likeness (QED) is 0.621. The van der Waals surface area contributed by atoms with Gasteiger partial charge in [-0.25, -0.2) is 0 Å². The zero-order chi connectivity index (χ0) is 20.8. The number of hydrogen-bond acceptors (Lipinski definition) is 7. The van der Waals surface area contributed by atoms with Crippen molar-refractivity contribution in [3.8, 4) is 17.2 Å². The number of benzene rings is 2. The van der Waals surface area contributed by atoms with Crippen molar-refractivity contribution in [2.45, 2.75) is 18.9 Å². The van der Waals surface area contributed by atoms with Gasteiger partial charge in [0.25, 0.3) is 11.8 Å². The molecule has 2 aromatic rings. The van der Waals surface area contributed by atoms with Gasteiger partial charge in [-0.15, -0.1) is 0 Å². The Bertz CT molecular complexity index is 1060. The molecule has 2 aromatic carbocycles. The fourth-order valence-corrected chi connectivity index (χ4v) is 4.49. The highest BCUT2D eigenvalue weighted by molar-refractivity contribution is 9.10. The van der Waals surface area contributed by atoms with E-state index in [2.05, 4.69) is 21.1 Å². The molecule has 0 fully saturated rings. The molecular weight excluding hydrogens is 456 g/mol. The minimum atomic E-state index is -0.301. The summed E-state index contributed by atoms with van der Waals surface area (Å²) in [5.41, 5.74) is 2.43. The molecule has 3 heterocycles. The molecule has 9 heteroatoms. The van der Waals surface area contributed by atoms with Crippen molar-refractivity contribution in [3.63, 3.8) is 0 Å². The first-order valence-electron chi connectivity index (χ1n) is 9.38. The molecule has 3 aliphatic heterocycles. The summed E-state index contributed by atoms with van der Waals surface area (Å²) in [5, 5.41) is 4.12. The van der Waals surface area contributed by atoms with Crippen LogP contribution in [0.25, 0.3) is 0 Å². The molecule has 0 spiro atoms. The Morgan fingerprint density at radius 3 is 2.63 bits per heavy atom. The van der Waals surface area contributed by atoms with Crippen LogP contribution >= 0.6 is 15.9 Å². The highest BCUT2D eigenvalue weighted by Crippen LogP contribution is 2.47. The number of rotatable bonds is 5. The first-order valence-corrected chi connectivity index (χ1v) is 10.2. The standard InChI is InChI=1S/C21H17BrN2O6/c1-27-19-17(22)11(7-16-18(19)29-10-28-16)6-13-8-12(23-30-13)9-24-20(25)14-4-2-3-5-15(14)21(24)26/h2-5,7,13H,6,8-10H2,1H3. The third-order valence-electron chi connectivity index (χ3n) is 5.30. The summed E-state index contributed by atoms with van der Waals surface area (Å²) in [6, 6.07) is 8.71. The van der Waals surface area contributed by atoms with Gasteiger partial charge in [0.15, 0.2) is 11.5 Å². The Kier molecular flexibility index (Phi) is 4.62. The van der Waals surface area contributed by atoms with Crippen molar-refractivity contribution in [2.75, 3.05) is 20.4 Å². The molecule has 5 rings (SSSR count). The summed E-state index contributed by atoms with van der Waals surface area (Å²) in [7, 11) is 1.57. The number of carbonyl (C=O) groups is 2. The number of fused-ring (bicyclic) bond motifs is 2. The predicted molar refractivity (Wildman–Crippen MR) is 109 cm³/mol. The summed E-state index contributed by atoms with van der Waals surface area (Å²) in [5.74, 6) is 1.17. The maximum absolute atomic E-state index is 12.6. The van der Waals surface area contributed by atoms with Crippen molar-refractivity contribution in [1.29, 1.82) is 0 Å². The van der Waals surface area contributed by atoms with Crippen LogP contribution in [0.4, 0.5) is 0 Å². The number of imide groups is 1. The van der Waals surface area contributed by atoms with Crippen LogP contribution in [0.15, 0.2) is 40.0 Å². The molecule has 0 aliphatic carbocycles. The molecule has 2 amide bonds. The van der Waals surface area contributed by atoms with E-state index in [1.54, 1.807) is 31.4 Å². The molecule has 1 unspecified atom stereocenters. The Morgan fingerprint density at radius 2 is 1.93 bits per heavy atom. The monoisotopic (exact) mass is 472 g/mol. The lowest BCUT2D eigenvalue weighted by Crippen LogP contribution is -2.34. The number of methoxy groups -OCH3 is 1. The molecule has 0 saturated carbocycles. The highest BCUT2D eigenvalue weighted by atomic mass is 79.9. The lowest BCUT2D eigenvalue weighted by molar-refractivity contribution is 0.0676. The predicted octanol–water partition coefficient (Wildman–Crippen LogP) is 3.17. The fourth-order valence-electron chi connectivity index (χ4n) is 3.87. The second-order valence-corrected chi connectivity index (χ2v) is 7.94. The van der Waals surface area contributed by atoms with Gasteiger partial charge in [0.1, 0.15) is 6.10 Å². The first kappa shape index (κ1) is 18.9. The van der Waals surface area contributed by atoms with Crippen LogP contribution in [-0.4, -0.2) is 49.0 Å². The van der Waals surface area contributed by atoms with Gasteiger partial charge in [-0.3, -0.25) is 14.5 Å². The van der Waals surface area contributed by atoms with Gasteiger partial charge in [0.05, 0.1) is 35.0 Å². The fraction of sp³-hybridized carbons (Fsp3) is 0.286. The minimum absolute atomic E-state index is 0.120. The molecule has 0 bridgehead atoms. The summed E-state index contributed by atoms with van der Waals surface area (Å²) in [6.07, 6.45) is 0.829. The Morgan fingerprint density at radius 1 is 1.20 bits per heavy atom. The van der Waals surface area contributed by atoms with E-state index in [1.165, 1.54) is 4.90 Å². The Balaban J connectivity index is 1.28. The first-order chi connectivity index (χ1) is 14.6. The van der Waals surface area contributed by atoms with Crippen molar-refractivity contribution in [2.24, 2.45) is 5.16 Å². The summed E-state index contributed by atoms with van der Waals surface area (Å²) < 4.78 is 17.2. The van der Waals surface area contributed by atoms with E-state index >= 15 is 0 Å². The molecule has 0 N–H and O–H groups in total. The summed E-state index contributed by atoms with van der Waals surface area (Å²) in [4.78, 5) is 31.9. The van der Waals surface area contributed by atoms with E-state index in [-0.39, 0.29) is 31.3 Å². The molecular formula is C21H17BrN2O6. The molecule has 30 heavy (non-hydrogen) atoms. The molecule has 0 aromatic heterocycles. The molecule has 3 aliphatic rings. The molecule has 0 radical (unpaired) electrons. The second kappa shape index (κ2) is 7.32. The number of nitrogens with zero attached hydrogens (tertiary/aromatic N) is 2. The van der Waals surface area contributed by atoms with E-state index in [0.717, 1.165) is 10.0 Å². The van der Waals surface area contributed by atoms with E-state index < -0.39 is 0 Å². The maximum atomic E-state index is 12.6. The van der Waals surface area contributed by atoms with Gasteiger partial charge < -0.3 is 19.0 Å². The van der Waals surface area contributed by atoms with Gasteiger partial charge in [-0.1, -0.05) is 17.3 Å². The second-order valence-electron chi connectivity index (χ2n) is 7.15. The Hall–Kier alpha value is -3.07. The van der Waals surface area contributed by atoms with Crippen LogP contribution in [-0.2, 0) is 11.3 Å². The maximum Gasteiger partial charge on any atom is 0.261 e. The topological polar surface area (TPSA) is 86.7 Å². The molecule has 1 atom stereocenters. The van der Waals surface area contributed by atoms with Gasteiger partial charge in [-0.2, -0.15) is 0 Å². The minimum Gasteiger partial charge on any atom is -0.492 e.